The molecule has 28 heavy (non-hydrogen) atoms. The Balaban J connectivity index is 1.88. The Bertz CT molecular complexity index is 1050. The Morgan fingerprint density at radius 1 is 1.25 bits per heavy atom. The maximum Gasteiger partial charge on any atom is 0.318 e. The number of benzene rings is 2. The van der Waals surface area contributed by atoms with Crippen molar-refractivity contribution >= 4 is 28.5 Å². The van der Waals surface area contributed by atoms with Crippen LogP contribution in [0.4, 0.5) is 4.79 Å². The number of amides is 2. The average Bonchev–Trinajstić information content (AvgIpc) is 2.70. The highest BCUT2D eigenvalue weighted by molar-refractivity contribution is 6.31. The number of carbonyl (C=O) groups is 1. The predicted octanol–water partition coefficient (Wildman–Crippen LogP) is 3.88. The molecule has 0 aliphatic carbocycles. The predicted molar refractivity (Wildman–Crippen MR) is 111 cm³/mol. The second kappa shape index (κ2) is 8.44. The minimum Gasteiger partial charge on any atom is -0.334 e. The number of hydrogen-bond acceptors (Lipinski definition) is 3. The fourth-order valence-electron chi connectivity index (χ4n) is 3.24. The van der Waals surface area contributed by atoms with Crippen molar-refractivity contribution in [3.05, 3.63) is 75.3 Å². The first-order chi connectivity index (χ1) is 13.4. The Morgan fingerprint density at radius 3 is 2.64 bits per heavy atom. The topological polar surface area (TPSA) is 67.2 Å². The molecule has 1 N–H and O–H groups in total. The lowest BCUT2D eigenvalue weighted by Crippen LogP contribution is -2.42. The molecule has 0 bridgehead atoms. The van der Waals surface area contributed by atoms with Gasteiger partial charge in [0.2, 0.25) is 0 Å². The van der Waals surface area contributed by atoms with E-state index in [1.54, 1.807) is 30.1 Å². The van der Waals surface area contributed by atoms with Crippen LogP contribution in [-0.4, -0.2) is 27.0 Å². The van der Waals surface area contributed by atoms with Gasteiger partial charge in [-0.1, -0.05) is 41.9 Å². The van der Waals surface area contributed by atoms with Crippen molar-refractivity contribution in [2.45, 2.75) is 26.4 Å². The minimum atomic E-state index is -0.387. The van der Waals surface area contributed by atoms with Crippen LogP contribution in [0.15, 0.2) is 53.3 Å². The van der Waals surface area contributed by atoms with Crippen LogP contribution >= 0.6 is 11.6 Å². The quantitative estimate of drug-likeness (QED) is 0.709. The van der Waals surface area contributed by atoms with Gasteiger partial charge in [-0.3, -0.25) is 9.36 Å². The van der Waals surface area contributed by atoms with E-state index in [4.69, 9.17) is 11.6 Å². The lowest BCUT2D eigenvalue weighted by molar-refractivity contribution is 0.178. The summed E-state index contributed by atoms with van der Waals surface area (Å²) in [6.07, 6.45) is 0. The molecule has 1 unspecified atom stereocenters. The van der Waals surface area contributed by atoms with Gasteiger partial charge in [-0.15, -0.1) is 0 Å². The number of halogens is 1. The molecule has 0 radical (unpaired) electrons. The highest BCUT2D eigenvalue weighted by Gasteiger charge is 2.24. The zero-order valence-corrected chi connectivity index (χ0v) is 16.9. The molecule has 0 fully saturated rings. The van der Waals surface area contributed by atoms with Crippen LogP contribution in [0.3, 0.4) is 0 Å². The maximum absolute atomic E-state index is 12.8. The van der Waals surface area contributed by atoms with Gasteiger partial charge in [-0.25, -0.2) is 9.78 Å². The summed E-state index contributed by atoms with van der Waals surface area (Å²) in [6, 6.07) is 14.1. The third-order valence-corrected chi connectivity index (χ3v) is 5.04. The molecule has 1 heterocycles. The van der Waals surface area contributed by atoms with Gasteiger partial charge in [0.25, 0.3) is 5.56 Å². The number of aromatic nitrogens is 2. The van der Waals surface area contributed by atoms with Crippen LogP contribution in [-0.2, 0) is 13.6 Å². The number of nitrogens with zero attached hydrogens (tertiary/aromatic N) is 3. The van der Waals surface area contributed by atoms with E-state index < -0.39 is 0 Å². The van der Waals surface area contributed by atoms with E-state index in [0.717, 1.165) is 5.56 Å². The van der Waals surface area contributed by atoms with Gasteiger partial charge in [-0.05, 0) is 37.6 Å². The normalized spacial score (nSPS) is 12.0. The van der Waals surface area contributed by atoms with Crippen molar-refractivity contribution in [1.82, 2.24) is 19.8 Å². The summed E-state index contributed by atoms with van der Waals surface area (Å²) in [6.45, 7) is 4.67. The van der Waals surface area contributed by atoms with Gasteiger partial charge in [0.05, 0.1) is 16.9 Å². The molecule has 3 aromatic rings. The average molecular weight is 399 g/mol. The van der Waals surface area contributed by atoms with Crippen LogP contribution in [0.2, 0.25) is 5.02 Å². The molecule has 0 saturated heterocycles. The Hall–Kier alpha value is -2.86. The summed E-state index contributed by atoms with van der Waals surface area (Å²) < 4.78 is 1.49. The van der Waals surface area contributed by atoms with Gasteiger partial charge in [0.1, 0.15) is 5.82 Å². The standard InChI is InChI=1S/C21H23ClN4O2/c1-4-26(21(28)23-13-15-8-6-5-7-9-15)14(2)19-24-18-12-16(22)10-11-17(18)20(27)25(19)3/h5-12,14H,4,13H2,1-3H3,(H,23,28). The largest absolute Gasteiger partial charge is 0.334 e. The summed E-state index contributed by atoms with van der Waals surface area (Å²) in [4.78, 5) is 31.7. The second-order valence-corrected chi connectivity index (χ2v) is 7.04. The van der Waals surface area contributed by atoms with Gasteiger partial charge in [0, 0.05) is 25.2 Å². The highest BCUT2D eigenvalue weighted by Crippen LogP contribution is 2.21. The van der Waals surface area contributed by atoms with E-state index in [1.165, 1.54) is 4.57 Å². The lowest BCUT2D eigenvalue weighted by atomic mass is 10.2. The van der Waals surface area contributed by atoms with Crippen LogP contribution in [0, 0.1) is 0 Å². The highest BCUT2D eigenvalue weighted by atomic mass is 35.5. The van der Waals surface area contributed by atoms with Crippen LogP contribution in [0.1, 0.15) is 31.3 Å². The summed E-state index contributed by atoms with van der Waals surface area (Å²) in [7, 11) is 1.67. The van der Waals surface area contributed by atoms with Crippen molar-refractivity contribution in [3.8, 4) is 0 Å². The molecular formula is C21H23ClN4O2. The molecule has 0 aliphatic rings. The van der Waals surface area contributed by atoms with Crippen LogP contribution in [0.5, 0.6) is 0 Å². The molecule has 2 amide bonds. The van der Waals surface area contributed by atoms with Crippen molar-refractivity contribution in [2.75, 3.05) is 6.54 Å². The SMILES string of the molecule is CCN(C(=O)NCc1ccccc1)C(C)c1nc2cc(Cl)ccc2c(=O)n1C. The first-order valence-electron chi connectivity index (χ1n) is 9.17. The van der Waals surface area contributed by atoms with Crippen molar-refractivity contribution in [1.29, 1.82) is 0 Å². The van der Waals surface area contributed by atoms with Gasteiger partial charge < -0.3 is 10.2 Å². The van der Waals surface area contributed by atoms with E-state index in [1.807, 2.05) is 44.2 Å². The summed E-state index contributed by atoms with van der Waals surface area (Å²) in [5, 5.41) is 3.94. The third kappa shape index (κ3) is 4.02. The molecule has 0 saturated carbocycles. The fraction of sp³-hybridized carbons (Fsp3) is 0.286. The van der Waals surface area contributed by atoms with Crippen LogP contribution < -0.4 is 10.9 Å². The van der Waals surface area contributed by atoms with Crippen molar-refractivity contribution < 1.29 is 4.79 Å². The zero-order valence-electron chi connectivity index (χ0n) is 16.1. The van der Waals surface area contributed by atoms with E-state index in [-0.39, 0.29) is 17.6 Å². The first kappa shape index (κ1) is 19.9. The number of carbonyl (C=O) groups excluding carboxylic acids is 1. The number of urea groups is 1. The van der Waals surface area contributed by atoms with E-state index >= 15 is 0 Å². The molecule has 7 heteroatoms. The number of hydrogen-bond donors (Lipinski definition) is 1. The van der Waals surface area contributed by atoms with E-state index in [9.17, 15) is 9.59 Å². The Kier molecular flexibility index (Phi) is 5.99. The maximum atomic E-state index is 12.8. The van der Waals surface area contributed by atoms with Gasteiger partial charge >= 0.3 is 6.03 Å². The minimum absolute atomic E-state index is 0.163. The van der Waals surface area contributed by atoms with Crippen molar-refractivity contribution in [2.24, 2.45) is 7.05 Å². The summed E-state index contributed by atoms with van der Waals surface area (Å²) in [5.41, 5.74) is 1.38. The van der Waals surface area contributed by atoms with Crippen LogP contribution in [0.25, 0.3) is 10.9 Å². The molecule has 146 valence electrons. The Labute approximate surface area is 168 Å². The fourth-order valence-corrected chi connectivity index (χ4v) is 3.41. The molecule has 6 nitrogen and oxygen atoms in total. The summed E-state index contributed by atoms with van der Waals surface area (Å²) >= 11 is 6.06. The Morgan fingerprint density at radius 2 is 1.96 bits per heavy atom. The van der Waals surface area contributed by atoms with Gasteiger partial charge in [0.15, 0.2) is 0 Å². The monoisotopic (exact) mass is 398 g/mol. The molecule has 2 aromatic carbocycles. The zero-order chi connectivity index (χ0) is 20.3. The van der Waals surface area contributed by atoms with E-state index in [0.29, 0.717) is 34.8 Å². The van der Waals surface area contributed by atoms with Crippen molar-refractivity contribution in [3.63, 3.8) is 0 Å². The number of nitrogens with one attached hydrogen (secondary N) is 1. The molecule has 3 rings (SSSR count). The number of fused-ring (bicyclic) bond motifs is 1. The lowest BCUT2D eigenvalue weighted by Gasteiger charge is -2.29. The molecule has 0 aliphatic heterocycles. The van der Waals surface area contributed by atoms with Gasteiger partial charge in [-0.2, -0.15) is 0 Å². The number of rotatable bonds is 5. The molecule has 1 atom stereocenters. The van der Waals surface area contributed by atoms with E-state index in [2.05, 4.69) is 10.3 Å². The molecule has 0 spiro atoms. The first-order valence-corrected chi connectivity index (χ1v) is 9.54. The summed E-state index contributed by atoms with van der Waals surface area (Å²) in [5.74, 6) is 0.511. The smallest absolute Gasteiger partial charge is 0.318 e. The third-order valence-electron chi connectivity index (χ3n) is 4.80. The molecule has 1 aromatic heterocycles. The second-order valence-electron chi connectivity index (χ2n) is 6.60. The molecular weight excluding hydrogens is 376 g/mol.